The van der Waals surface area contributed by atoms with E-state index in [-0.39, 0.29) is 27.4 Å². The number of nitrogens with one attached hydrogen (secondary N) is 1. The van der Waals surface area contributed by atoms with E-state index < -0.39 is 17.8 Å². The number of hydrogen-bond donors (Lipinski definition) is 1. The minimum Gasteiger partial charge on any atom is -0.490 e. The van der Waals surface area contributed by atoms with Gasteiger partial charge in [0.15, 0.2) is 11.5 Å². The number of rotatable bonds is 6. The first-order valence-corrected chi connectivity index (χ1v) is 11.4. The summed E-state index contributed by atoms with van der Waals surface area (Å²) in [4.78, 5) is 38.8. The van der Waals surface area contributed by atoms with Crippen LogP contribution in [0.25, 0.3) is 6.08 Å². The Hall–Kier alpha value is -2.30. The zero-order chi connectivity index (χ0) is 23.6. The van der Waals surface area contributed by atoms with E-state index in [2.05, 4.69) is 27.9 Å². The first kappa shape index (κ1) is 24.3. The third kappa shape index (κ3) is 5.19. The number of amides is 4. The first-order chi connectivity index (χ1) is 15.1. The van der Waals surface area contributed by atoms with Gasteiger partial charge in [0.05, 0.1) is 32.0 Å². The smallest absolute Gasteiger partial charge is 0.335 e. The summed E-state index contributed by atoms with van der Waals surface area (Å²) in [6, 6.07) is 6.87. The molecule has 1 saturated heterocycles. The van der Waals surface area contributed by atoms with Crippen LogP contribution in [-0.2, 0) is 9.59 Å². The van der Waals surface area contributed by atoms with Crippen molar-refractivity contribution in [3.63, 3.8) is 0 Å². The molecule has 1 N–H and O–H groups in total. The van der Waals surface area contributed by atoms with Crippen molar-refractivity contribution in [2.45, 2.75) is 26.9 Å². The zero-order valence-corrected chi connectivity index (χ0v) is 21.0. The van der Waals surface area contributed by atoms with E-state index in [4.69, 9.17) is 32.7 Å². The summed E-state index contributed by atoms with van der Waals surface area (Å²) >= 11 is 14.1. The molecule has 1 heterocycles. The van der Waals surface area contributed by atoms with Crippen molar-refractivity contribution in [3.8, 4) is 11.5 Å². The van der Waals surface area contributed by atoms with Crippen LogP contribution in [0.3, 0.4) is 0 Å². The Morgan fingerprint density at radius 2 is 1.84 bits per heavy atom. The third-order valence-corrected chi connectivity index (χ3v) is 5.80. The van der Waals surface area contributed by atoms with Crippen LogP contribution < -0.4 is 19.7 Å². The SMILES string of the molecule is CCOc1cc(/C=C2\C(=O)NC(=O)N(c3ccc(Cl)c(Cl)c3)C2=O)cc(I)c1OC(C)C. The zero-order valence-electron chi connectivity index (χ0n) is 17.4. The lowest BCUT2D eigenvalue weighted by Gasteiger charge is -2.26. The van der Waals surface area contributed by atoms with E-state index in [1.54, 1.807) is 12.1 Å². The van der Waals surface area contributed by atoms with Gasteiger partial charge in [-0.2, -0.15) is 0 Å². The normalized spacial score (nSPS) is 15.4. The number of urea groups is 1. The summed E-state index contributed by atoms with van der Waals surface area (Å²) in [5, 5.41) is 2.62. The summed E-state index contributed by atoms with van der Waals surface area (Å²) < 4.78 is 12.3. The molecule has 3 rings (SSSR count). The van der Waals surface area contributed by atoms with Gasteiger partial charge in [-0.05, 0) is 85.3 Å². The van der Waals surface area contributed by atoms with E-state index >= 15 is 0 Å². The number of anilines is 1. The number of benzene rings is 2. The molecule has 7 nitrogen and oxygen atoms in total. The van der Waals surface area contributed by atoms with Gasteiger partial charge in [-0.3, -0.25) is 14.9 Å². The quantitative estimate of drug-likeness (QED) is 0.276. The second-order valence-electron chi connectivity index (χ2n) is 6.99. The molecule has 0 atom stereocenters. The van der Waals surface area contributed by atoms with E-state index in [1.807, 2.05) is 20.8 Å². The largest absolute Gasteiger partial charge is 0.490 e. The molecule has 1 aliphatic heterocycles. The number of ether oxygens (including phenoxy) is 2. The molecule has 2 aromatic rings. The first-order valence-electron chi connectivity index (χ1n) is 9.61. The summed E-state index contributed by atoms with van der Waals surface area (Å²) in [7, 11) is 0. The predicted octanol–water partition coefficient (Wildman–Crippen LogP) is 5.45. The summed E-state index contributed by atoms with van der Waals surface area (Å²) in [5.41, 5.74) is 0.507. The lowest BCUT2D eigenvalue weighted by atomic mass is 10.1. The van der Waals surface area contributed by atoms with Crippen LogP contribution in [0, 0.1) is 3.57 Å². The van der Waals surface area contributed by atoms with Gasteiger partial charge in [-0.25, -0.2) is 9.69 Å². The fourth-order valence-electron chi connectivity index (χ4n) is 2.97. The molecule has 10 heteroatoms. The Kier molecular flexibility index (Phi) is 7.68. The van der Waals surface area contributed by atoms with Gasteiger partial charge in [0.1, 0.15) is 5.57 Å². The Balaban J connectivity index is 2.04. The Labute approximate surface area is 208 Å². The molecule has 0 unspecified atom stereocenters. The lowest BCUT2D eigenvalue weighted by Crippen LogP contribution is -2.54. The number of hydrogen-bond acceptors (Lipinski definition) is 5. The van der Waals surface area contributed by atoms with Crippen molar-refractivity contribution < 1.29 is 23.9 Å². The van der Waals surface area contributed by atoms with Crippen LogP contribution in [0.15, 0.2) is 35.9 Å². The summed E-state index contributed by atoms with van der Waals surface area (Å²) in [6.07, 6.45) is 1.33. The van der Waals surface area contributed by atoms with Crippen LogP contribution in [0.4, 0.5) is 10.5 Å². The summed E-state index contributed by atoms with van der Waals surface area (Å²) in [6.45, 7) is 6.06. The van der Waals surface area contributed by atoms with Crippen LogP contribution in [0.2, 0.25) is 10.0 Å². The second-order valence-corrected chi connectivity index (χ2v) is 8.96. The fraction of sp³-hybridized carbons (Fsp3) is 0.227. The monoisotopic (exact) mass is 588 g/mol. The number of barbiturate groups is 1. The van der Waals surface area contributed by atoms with Gasteiger partial charge >= 0.3 is 6.03 Å². The number of imide groups is 2. The molecule has 32 heavy (non-hydrogen) atoms. The third-order valence-electron chi connectivity index (χ3n) is 4.26. The van der Waals surface area contributed by atoms with Gasteiger partial charge in [0.25, 0.3) is 11.8 Å². The van der Waals surface area contributed by atoms with E-state index in [9.17, 15) is 14.4 Å². The average Bonchev–Trinajstić information content (AvgIpc) is 2.70. The molecule has 1 fully saturated rings. The number of carbonyl (C=O) groups is 3. The van der Waals surface area contributed by atoms with E-state index in [1.165, 1.54) is 24.3 Å². The standard InChI is InChI=1S/C22H19Cl2IN2O5/c1-4-31-18-9-12(8-17(25)19(18)32-11(2)3)7-14-20(28)26-22(30)27(21(14)29)13-5-6-15(23)16(24)10-13/h5-11H,4H2,1-3H3,(H,26,28,30)/b14-7+. The number of carbonyl (C=O) groups excluding carboxylic acids is 3. The minimum absolute atomic E-state index is 0.0663. The van der Waals surface area contributed by atoms with Crippen molar-refractivity contribution >= 4 is 75.4 Å². The van der Waals surface area contributed by atoms with E-state index in [0.29, 0.717) is 23.7 Å². The molecule has 0 spiro atoms. The van der Waals surface area contributed by atoms with Gasteiger partial charge in [-0.15, -0.1) is 0 Å². The molecular formula is C22H19Cl2IN2O5. The minimum atomic E-state index is -0.874. The highest BCUT2D eigenvalue weighted by Gasteiger charge is 2.37. The lowest BCUT2D eigenvalue weighted by molar-refractivity contribution is -0.122. The predicted molar refractivity (Wildman–Crippen MR) is 132 cm³/mol. The number of halogens is 3. The average molecular weight is 589 g/mol. The Morgan fingerprint density at radius 3 is 2.47 bits per heavy atom. The van der Waals surface area contributed by atoms with Crippen molar-refractivity contribution in [1.82, 2.24) is 5.32 Å². The van der Waals surface area contributed by atoms with Crippen LogP contribution >= 0.6 is 45.8 Å². The van der Waals surface area contributed by atoms with Crippen molar-refractivity contribution in [3.05, 3.63) is 55.1 Å². The maximum atomic E-state index is 13.1. The summed E-state index contributed by atoms with van der Waals surface area (Å²) in [5.74, 6) is -0.517. The van der Waals surface area contributed by atoms with Gasteiger partial charge in [0, 0.05) is 0 Å². The highest BCUT2D eigenvalue weighted by Crippen LogP contribution is 2.36. The molecule has 2 aromatic carbocycles. The molecule has 0 saturated carbocycles. The molecular weight excluding hydrogens is 570 g/mol. The maximum Gasteiger partial charge on any atom is 0.335 e. The van der Waals surface area contributed by atoms with Crippen molar-refractivity contribution in [1.29, 1.82) is 0 Å². The molecule has 0 bridgehead atoms. The highest BCUT2D eigenvalue weighted by atomic mass is 127. The van der Waals surface area contributed by atoms with Gasteiger partial charge < -0.3 is 9.47 Å². The van der Waals surface area contributed by atoms with Crippen molar-refractivity contribution in [2.24, 2.45) is 0 Å². The fourth-order valence-corrected chi connectivity index (χ4v) is 4.01. The molecule has 0 aromatic heterocycles. The molecule has 1 aliphatic rings. The second kappa shape index (κ2) is 10.1. The van der Waals surface area contributed by atoms with Crippen molar-refractivity contribution in [2.75, 3.05) is 11.5 Å². The highest BCUT2D eigenvalue weighted by molar-refractivity contribution is 14.1. The van der Waals surface area contributed by atoms with Crippen LogP contribution in [0.5, 0.6) is 11.5 Å². The van der Waals surface area contributed by atoms with Gasteiger partial charge in [-0.1, -0.05) is 23.2 Å². The molecule has 168 valence electrons. The molecule has 0 radical (unpaired) electrons. The van der Waals surface area contributed by atoms with Crippen LogP contribution in [-0.4, -0.2) is 30.6 Å². The Morgan fingerprint density at radius 1 is 1.12 bits per heavy atom. The van der Waals surface area contributed by atoms with Gasteiger partial charge in [0.2, 0.25) is 0 Å². The van der Waals surface area contributed by atoms with E-state index in [0.717, 1.165) is 8.47 Å². The molecule has 0 aliphatic carbocycles. The Bertz CT molecular complexity index is 1130. The molecule has 4 amide bonds. The van der Waals surface area contributed by atoms with Crippen LogP contribution in [0.1, 0.15) is 26.3 Å². The number of nitrogens with zero attached hydrogens (tertiary/aromatic N) is 1. The maximum absolute atomic E-state index is 13.1. The topological polar surface area (TPSA) is 84.9 Å².